The maximum atomic E-state index is 11.9. The average Bonchev–Trinajstić information content (AvgIpc) is 2.55. The topological polar surface area (TPSA) is 118 Å². The molecule has 0 radical (unpaired) electrons. The largest absolute Gasteiger partial charge is 0.369 e. The first kappa shape index (κ1) is 15.6. The van der Waals surface area contributed by atoms with Gasteiger partial charge >= 0.3 is 0 Å². The predicted octanol–water partition coefficient (Wildman–Crippen LogP) is 1.13. The number of aromatic nitrogens is 4. The first-order valence-electron chi connectivity index (χ1n) is 7.27. The summed E-state index contributed by atoms with van der Waals surface area (Å²) in [7, 11) is 1.89. The van der Waals surface area contributed by atoms with E-state index in [1.165, 1.54) is 6.92 Å². The maximum Gasteiger partial charge on any atom is 0.280 e. The molecule has 0 atom stereocenters. The summed E-state index contributed by atoms with van der Waals surface area (Å²) in [5, 5.41) is 0. The van der Waals surface area contributed by atoms with Crippen LogP contribution in [0.2, 0.25) is 0 Å². The Labute approximate surface area is 137 Å². The van der Waals surface area contributed by atoms with Crippen LogP contribution in [0, 0.1) is 0 Å². The Bertz CT molecular complexity index is 964. The second-order valence-corrected chi connectivity index (χ2v) is 5.44. The molecule has 0 fully saturated rings. The molecule has 0 aliphatic heterocycles. The highest BCUT2D eigenvalue weighted by atomic mass is 16.1. The van der Waals surface area contributed by atoms with Crippen molar-refractivity contribution in [2.75, 3.05) is 17.7 Å². The fourth-order valence-electron chi connectivity index (χ4n) is 2.33. The lowest BCUT2D eigenvalue weighted by Gasteiger charge is -2.19. The zero-order valence-corrected chi connectivity index (χ0v) is 13.3. The number of Topliss-reactive ketones (excluding diaryl/α,β-unsaturated/α-hetero) is 1. The van der Waals surface area contributed by atoms with E-state index in [2.05, 4.69) is 19.9 Å². The maximum absolute atomic E-state index is 11.9. The first-order chi connectivity index (χ1) is 11.4. The highest BCUT2D eigenvalue weighted by molar-refractivity contribution is 5.94. The Balaban J connectivity index is 1.86. The Kier molecular flexibility index (Phi) is 3.95. The minimum absolute atomic E-state index is 0.0113. The highest BCUT2D eigenvalue weighted by Gasteiger charge is 2.09. The van der Waals surface area contributed by atoms with Crippen LogP contribution in [0.1, 0.15) is 23.0 Å². The van der Waals surface area contributed by atoms with Gasteiger partial charge in [-0.3, -0.25) is 14.6 Å². The van der Waals surface area contributed by atoms with Crippen molar-refractivity contribution in [2.45, 2.75) is 13.5 Å². The van der Waals surface area contributed by atoms with Crippen LogP contribution in [-0.4, -0.2) is 32.8 Å². The number of ketones is 1. The summed E-state index contributed by atoms with van der Waals surface area (Å²) < 4.78 is 0. The minimum atomic E-state index is -0.416. The van der Waals surface area contributed by atoms with Crippen LogP contribution >= 0.6 is 0 Å². The van der Waals surface area contributed by atoms with Gasteiger partial charge in [-0.05, 0) is 31.2 Å². The molecular weight excluding hydrogens is 308 g/mol. The van der Waals surface area contributed by atoms with Crippen molar-refractivity contribution in [3.63, 3.8) is 0 Å². The number of carbonyl (C=O) groups is 1. The number of rotatable bonds is 4. The lowest BCUT2D eigenvalue weighted by molar-refractivity contribution is 0.101. The van der Waals surface area contributed by atoms with Crippen molar-refractivity contribution >= 4 is 28.6 Å². The molecule has 8 heteroatoms. The monoisotopic (exact) mass is 324 g/mol. The lowest BCUT2D eigenvalue weighted by Crippen LogP contribution is -2.19. The number of nitrogen functional groups attached to an aromatic ring is 1. The van der Waals surface area contributed by atoms with Gasteiger partial charge in [0.15, 0.2) is 16.9 Å². The van der Waals surface area contributed by atoms with Gasteiger partial charge in [0.1, 0.15) is 0 Å². The summed E-state index contributed by atoms with van der Waals surface area (Å²) in [4.78, 5) is 39.9. The number of H-pyrrole nitrogens is 1. The number of carbonyl (C=O) groups excluding carboxylic acids is 1. The van der Waals surface area contributed by atoms with Crippen LogP contribution in [0.25, 0.3) is 11.2 Å². The molecule has 3 aromatic rings. The van der Waals surface area contributed by atoms with Gasteiger partial charge in [-0.15, -0.1) is 0 Å². The Hall–Kier alpha value is -3.29. The van der Waals surface area contributed by atoms with Crippen LogP contribution in [0.5, 0.6) is 0 Å². The SMILES string of the molecule is CC(=O)c1ccc(N(C)Cc2cnc3nc(N)[nH]c(=O)c3n2)cc1. The molecule has 0 amide bonds. The number of hydrogen-bond acceptors (Lipinski definition) is 7. The van der Waals surface area contributed by atoms with E-state index < -0.39 is 5.56 Å². The number of anilines is 2. The second kappa shape index (κ2) is 6.07. The molecule has 0 saturated carbocycles. The molecule has 122 valence electrons. The molecule has 1 aromatic carbocycles. The summed E-state index contributed by atoms with van der Waals surface area (Å²) in [6.07, 6.45) is 1.56. The number of fused-ring (bicyclic) bond motifs is 1. The molecule has 0 unspecified atom stereocenters. The van der Waals surface area contributed by atoms with E-state index >= 15 is 0 Å². The van der Waals surface area contributed by atoms with E-state index in [0.29, 0.717) is 17.8 Å². The summed E-state index contributed by atoms with van der Waals surface area (Å²) >= 11 is 0. The van der Waals surface area contributed by atoms with Crippen LogP contribution in [0.3, 0.4) is 0 Å². The minimum Gasteiger partial charge on any atom is -0.369 e. The Morgan fingerprint density at radius 2 is 1.96 bits per heavy atom. The smallest absolute Gasteiger partial charge is 0.280 e. The summed E-state index contributed by atoms with van der Waals surface area (Å²) in [6.45, 7) is 1.98. The molecule has 0 bridgehead atoms. The molecule has 8 nitrogen and oxygen atoms in total. The fourth-order valence-corrected chi connectivity index (χ4v) is 2.33. The van der Waals surface area contributed by atoms with Crippen molar-refractivity contribution in [3.05, 3.63) is 52.1 Å². The van der Waals surface area contributed by atoms with Crippen molar-refractivity contribution in [3.8, 4) is 0 Å². The fraction of sp³-hybridized carbons (Fsp3) is 0.188. The molecule has 0 aliphatic rings. The van der Waals surface area contributed by atoms with E-state index in [9.17, 15) is 9.59 Å². The summed E-state index contributed by atoms with van der Waals surface area (Å²) in [6, 6.07) is 7.27. The zero-order valence-electron chi connectivity index (χ0n) is 13.3. The standard InChI is InChI=1S/C16H16N6O2/c1-9(23)10-3-5-12(6-4-10)22(2)8-11-7-18-14-13(19-11)15(24)21-16(17)20-14/h3-7H,8H2,1-2H3,(H3,17,18,20,21,24). The van der Waals surface area contributed by atoms with Crippen LogP contribution in [-0.2, 0) is 6.54 Å². The molecule has 2 aromatic heterocycles. The van der Waals surface area contributed by atoms with Gasteiger partial charge in [-0.1, -0.05) is 0 Å². The third kappa shape index (κ3) is 3.07. The molecule has 2 heterocycles. The number of nitrogens with zero attached hydrogens (tertiary/aromatic N) is 4. The van der Waals surface area contributed by atoms with Gasteiger partial charge in [0.25, 0.3) is 5.56 Å². The molecule has 0 aliphatic carbocycles. The normalized spacial score (nSPS) is 10.8. The quantitative estimate of drug-likeness (QED) is 0.691. The van der Waals surface area contributed by atoms with Crippen molar-refractivity contribution in [2.24, 2.45) is 0 Å². The van der Waals surface area contributed by atoms with Gasteiger partial charge in [0.2, 0.25) is 5.95 Å². The van der Waals surface area contributed by atoms with Crippen molar-refractivity contribution in [1.82, 2.24) is 19.9 Å². The lowest BCUT2D eigenvalue weighted by atomic mass is 10.1. The van der Waals surface area contributed by atoms with Gasteiger partial charge < -0.3 is 10.6 Å². The van der Waals surface area contributed by atoms with Gasteiger partial charge in [-0.25, -0.2) is 9.97 Å². The van der Waals surface area contributed by atoms with E-state index in [0.717, 1.165) is 5.69 Å². The van der Waals surface area contributed by atoms with E-state index in [-0.39, 0.29) is 22.9 Å². The molecule has 3 rings (SSSR count). The van der Waals surface area contributed by atoms with Crippen molar-refractivity contribution in [1.29, 1.82) is 0 Å². The molecule has 0 spiro atoms. The van der Waals surface area contributed by atoms with E-state index in [1.54, 1.807) is 18.3 Å². The van der Waals surface area contributed by atoms with E-state index in [1.807, 2.05) is 24.1 Å². The number of benzene rings is 1. The third-order valence-corrected chi connectivity index (χ3v) is 3.60. The Morgan fingerprint density at radius 1 is 1.25 bits per heavy atom. The predicted molar refractivity (Wildman–Crippen MR) is 90.9 cm³/mol. The molecule has 0 saturated heterocycles. The van der Waals surface area contributed by atoms with E-state index in [4.69, 9.17) is 5.73 Å². The zero-order chi connectivity index (χ0) is 17.3. The average molecular weight is 324 g/mol. The number of hydrogen-bond donors (Lipinski definition) is 2. The first-order valence-corrected chi connectivity index (χ1v) is 7.27. The van der Waals surface area contributed by atoms with Crippen LogP contribution in [0.4, 0.5) is 11.6 Å². The van der Waals surface area contributed by atoms with Crippen molar-refractivity contribution < 1.29 is 4.79 Å². The van der Waals surface area contributed by atoms with Gasteiger partial charge in [-0.2, -0.15) is 4.98 Å². The second-order valence-electron chi connectivity index (χ2n) is 5.44. The number of nitrogens with two attached hydrogens (primary N) is 1. The molecule has 3 N–H and O–H groups in total. The molecular formula is C16H16N6O2. The van der Waals surface area contributed by atoms with Gasteiger partial charge in [0.05, 0.1) is 18.4 Å². The summed E-state index contributed by atoms with van der Waals surface area (Å²) in [5.74, 6) is 0.0350. The summed E-state index contributed by atoms with van der Waals surface area (Å²) in [5.41, 5.74) is 7.65. The van der Waals surface area contributed by atoms with Crippen LogP contribution < -0.4 is 16.2 Å². The molecule has 24 heavy (non-hydrogen) atoms. The van der Waals surface area contributed by atoms with Crippen LogP contribution in [0.15, 0.2) is 35.3 Å². The highest BCUT2D eigenvalue weighted by Crippen LogP contribution is 2.16. The Morgan fingerprint density at radius 3 is 2.62 bits per heavy atom. The third-order valence-electron chi connectivity index (χ3n) is 3.60. The number of nitrogens with one attached hydrogen (secondary N) is 1. The van der Waals surface area contributed by atoms with Gasteiger partial charge in [0, 0.05) is 18.3 Å². The number of aromatic amines is 1.